The number of hydrogen-bond acceptors (Lipinski definition) is 3. The molecule has 0 aromatic heterocycles. The van der Waals surface area contributed by atoms with Crippen molar-refractivity contribution in [2.24, 2.45) is 5.92 Å². The molecule has 0 radical (unpaired) electrons. The highest BCUT2D eigenvalue weighted by Crippen LogP contribution is 2.33. The number of carbonyl (C=O) groups excluding carboxylic acids is 2. The lowest BCUT2D eigenvalue weighted by molar-refractivity contribution is -0.119. The lowest BCUT2D eigenvalue weighted by Crippen LogP contribution is -2.32. The first kappa shape index (κ1) is 19.9. The molecular weight excluding hydrogens is 352 g/mol. The third-order valence-electron chi connectivity index (χ3n) is 4.76. The summed E-state index contributed by atoms with van der Waals surface area (Å²) in [7, 11) is 1.74. The summed E-state index contributed by atoms with van der Waals surface area (Å²) < 4.78 is 5.64. The van der Waals surface area contributed by atoms with E-state index in [4.69, 9.17) is 4.74 Å². The van der Waals surface area contributed by atoms with Crippen LogP contribution in [0.3, 0.4) is 0 Å². The second-order valence-electron chi connectivity index (χ2n) is 7.51. The van der Waals surface area contributed by atoms with Gasteiger partial charge in [-0.3, -0.25) is 9.59 Å². The summed E-state index contributed by atoms with van der Waals surface area (Å²) in [6, 6.07) is 15.2. The molecule has 148 valence electrons. The van der Waals surface area contributed by atoms with Gasteiger partial charge in [-0.05, 0) is 62.9 Å². The Morgan fingerprint density at radius 1 is 1.11 bits per heavy atom. The number of benzene rings is 2. The van der Waals surface area contributed by atoms with E-state index in [9.17, 15) is 9.59 Å². The van der Waals surface area contributed by atoms with Gasteiger partial charge >= 0.3 is 0 Å². The predicted molar refractivity (Wildman–Crippen MR) is 111 cm³/mol. The fraction of sp³-hybridized carbons (Fsp3) is 0.391. The summed E-state index contributed by atoms with van der Waals surface area (Å²) in [6.45, 7) is 4.52. The smallest absolute Gasteiger partial charge is 0.253 e. The van der Waals surface area contributed by atoms with Gasteiger partial charge in [0.25, 0.3) is 5.91 Å². The zero-order valence-electron chi connectivity index (χ0n) is 16.8. The van der Waals surface area contributed by atoms with Crippen molar-refractivity contribution in [3.8, 4) is 5.75 Å². The number of nitrogens with zero attached hydrogens (tertiary/aromatic N) is 1. The summed E-state index contributed by atoms with van der Waals surface area (Å²) in [5, 5.41) is 2.97. The van der Waals surface area contributed by atoms with Crippen molar-refractivity contribution in [1.29, 1.82) is 0 Å². The fourth-order valence-electron chi connectivity index (χ4n) is 3.10. The van der Waals surface area contributed by atoms with Crippen molar-refractivity contribution >= 4 is 17.5 Å². The number of amides is 2. The van der Waals surface area contributed by atoms with Gasteiger partial charge in [0, 0.05) is 19.5 Å². The van der Waals surface area contributed by atoms with E-state index < -0.39 is 0 Å². The lowest BCUT2D eigenvalue weighted by Gasteiger charge is -2.20. The molecule has 2 aromatic carbocycles. The molecule has 0 saturated heterocycles. The van der Waals surface area contributed by atoms with E-state index in [0.717, 1.165) is 30.6 Å². The minimum Gasteiger partial charge on any atom is -0.491 e. The van der Waals surface area contributed by atoms with Crippen LogP contribution < -0.4 is 15.0 Å². The molecule has 0 aliphatic heterocycles. The first-order valence-electron chi connectivity index (χ1n) is 9.86. The number of ether oxygens (including phenoxy) is 1. The van der Waals surface area contributed by atoms with Crippen LogP contribution in [0.15, 0.2) is 48.5 Å². The van der Waals surface area contributed by atoms with Crippen LogP contribution in [0.1, 0.15) is 42.6 Å². The molecule has 2 aromatic rings. The average Bonchev–Trinajstić information content (AvgIpc) is 3.53. The molecule has 0 atom stereocenters. The van der Waals surface area contributed by atoms with Crippen molar-refractivity contribution in [1.82, 2.24) is 5.32 Å². The van der Waals surface area contributed by atoms with Gasteiger partial charge in [-0.2, -0.15) is 0 Å². The highest BCUT2D eigenvalue weighted by atomic mass is 16.5. The van der Waals surface area contributed by atoms with E-state index in [1.807, 2.05) is 56.3 Å². The highest BCUT2D eigenvalue weighted by molar-refractivity contribution is 6.05. The molecule has 0 unspecified atom stereocenters. The quantitative estimate of drug-likeness (QED) is 0.757. The van der Waals surface area contributed by atoms with Gasteiger partial charge in [0.05, 0.1) is 17.4 Å². The molecule has 2 amide bonds. The lowest BCUT2D eigenvalue weighted by atomic mass is 10.1. The number of hydrogen-bond donors (Lipinski definition) is 1. The van der Waals surface area contributed by atoms with Gasteiger partial charge in [-0.15, -0.1) is 0 Å². The maximum Gasteiger partial charge on any atom is 0.253 e. The van der Waals surface area contributed by atoms with Crippen LogP contribution >= 0.6 is 0 Å². The van der Waals surface area contributed by atoms with Crippen molar-refractivity contribution in [2.45, 2.75) is 39.2 Å². The van der Waals surface area contributed by atoms with Gasteiger partial charge < -0.3 is 15.0 Å². The summed E-state index contributed by atoms with van der Waals surface area (Å²) in [6.07, 6.45) is 2.76. The summed E-state index contributed by atoms with van der Waals surface area (Å²) in [4.78, 5) is 26.6. The van der Waals surface area contributed by atoms with Crippen LogP contribution in [0.2, 0.25) is 0 Å². The van der Waals surface area contributed by atoms with E-state index >= 15 is 0 Å². The molecule has 0 bridgehead atoms. The Morgan fingerprint density at radius 2 is 1.79 bits per heavy atom. The fourth-order valence-corrected chi connectivity index (χ4v) is 3.10. The molecule has 3 rings (SSSR count). The Balaban J connectivity index is 1.57. The predicted octanol–water partition coefficient (Wildman–Crippen LogP) is 3.82. The summed E-state index contributed by atoms with van der Waals surface area (Å²) >= 11 is 0. The first-order chi connectivity index (χ1) is 13.5. The van der Waals surface area contributed by atoms with Crippen LogP contribution in [0.4, 0.5) is 5.69 Å². The maximum absolute atomic E-state index is 12.7. The largest absolute Gasteiger partial charge is 0.491 e. The van der Waals surface area contributed by atoms with Gasteiger partial charge in [-0.1, -0.05) is 24.3 Å². The van der Waals surface area contributed by atoms with E-state index in [0.29, 0.717) is 17.8 Å². The van der Waals surface area contributed by atoms with Crippen molar-refractivity contribution in [2.75, 3.05) is 18.5 Å². The third-order valence-corrected chi connectivity index (χ3v) is 4.76. The zero-order valence-corrected chi connectivity index (χ0v) is 16.8. The van der Waals surface area contributed by atoms with E-state index in [-0.39, 0.29) is 23.8 Å². The number of anilines is 1. The minimum absolute atomic E-state index is 0.0870. The summed E-state index contributed by atoms with van der Waals surface area (Å²) in [5.74, 6) is 0.888. The highest BCUT2D eigenvalue weighted by Gasteiger charge is 2.33. The second-order valence-corrected chi connectivity index (χ2v) is 7.51. The molecule has 5 nitrogen and oxygen atoms in total. The SMILES string of the molecule is CC(C)Oc1ccc(CCNC(=O)c2ccccc2N(C)C(=O)C2CC2)cc1. The average molecular weight is 380 g/mol. The molecular formula is C23H28N2O3. The normalized spacial score (nSPS) is 13.3. The zero-order chi connectivity index (χ0) is 20.1. The Hall–Kier alpha value is -2.82. The Labute approximate surface area is 166 Å². The third kappa shape index (κ3) is 5.12. The number of para-hydroxylation sites is 1. The van der Waals surface area contributed by atoms with Crippen molar-refractivity contribution < 1.29 is 14.3 Å². The Kier molecular flexibility index (Phi) is 6.34. The van der Waals surface area contributed by atoms with Crippen LogP contribution in [0.25, 0.3) is 0 Å². The van der Waals surface area contributed by atoms with E-state index in [1.165, 1.54) is 0 Å². The molecule has 1 aliphatic carbocycles. The van der Waals surface area contributed by atoms with Crippen LogP contribution in [0, 0.1) is 5.92 Å². The molecule has 5 heteroatoms. The van der Waals surface area contributed by atoms with Crippen LogP contribution in [-0.2, 0) is 11.2 Å². The molecule has 0 heterocycles. The van der Waals surface area contributed by atoms with Gasteiger partial charge in [0.15, 0.2) is 0 Å². The van der Waals surface area contributed by atoms with Gasteiger partial charge in [0.2, 0.25) is 5.91 Å². The second kappa shape index (κ2) is 8.91. The maximum atomic E-state index is 12.7. The minimum atomic E-state index is -0.161. The number of carbonyl (C=O) groups is 2. The Morgan fingerprint density at radius 3 is 2.43 bits per heavy atom. The van der Waals surface area contributed by atoms with Crippen LogP contribution in [0.5, 0.6) is 5.75 Å². The number of nitrogens with one attached hydrogen (secondary N) is 1. The molecule has 1 saturated carbocycles. The number of rotatable bonds is 8. The standard InChI is InChI=1S/C23H28N2O3/c1-16(2)28-19-12-8-17(9-13-19)14-15-24-22(26)20-6-4-5-7-21(20)25(3)23(27)18-10-11-18/h4-9,12-13,16,18H,10-11,14-15H2,1-3H3,(H,24,26). The molecule has 1 aliphatic rings. The molecule has 28 heavy (non-hydrogen) atoms. The summed E-state index contributed by atoms with van der Waals surface area (Å²) in [5.41, 5.74) is 2.32. The topological polar surface area (TPSA) is 58.6 Å². The van der Waals surface area contributed by atoms with E-state index in [2.05, 4.69) is 5.32 Å². The molecule has 0 spiro atoms. The van der Waals surface area contributed by atoms with Crippen molar-refractivity contribution in [3.05, 3.63) is 59.7 Å². The van der Waals surface area contributed by atoms with Crippen LogP contribution in [-0.4, -0.2) is 31.5 Å². The van der Waals surface area contributed by atoms with Gasteiger partial charge in [0.1, 0.15) is 5.75 Å². The monoisotopic (exact) mass is 380 g/mol. The van der Waals surface area contributed by atoms with Crippen molar-refractivity contribution in [3.63, 3.8) is 0 Å². The van der Waals surface area contributed by atoms with E-state index in [1.54, 1.807) is 18.0 Å². The molecule has 1 fully saturated rings. The first-order valence-corrected chi connectivity index (χ1v) is 9.86. The molecule has 1 N–H and O–H groups in total. The Bertz CT molecular complexity index is 826. The van der Waals surface area contributed by atoms with Gasteiger partial charge in [-0.25, -0.2) is 0 Å².